The van der Waals surface area contributed by atoms with Crippen LogP contribution < -0.4 is 23.0 Å². The quantitative estimate of drug-likeness (QED) is 0.113. The molecule has 0 aliphatic heterocycles. The second-order valence-electron chi connectivity index (χ2n) is 3.57. The Labute approximate surface area is 106 Å². The van der Waals surface area contributed by atoms with Crippen LogP contribution in [0.15, 0.2) is 33.8 Å². The number of unbranched alkanes of at least 4 members (excludes halogenated alkanes) is 1. The third kappa shape index (κ3) is 8.96. The molecule has 0 rings (SSSR count). The van der Waals surface area contributed by atoms with Gasteiger partial charge in [0, 0.05) is 12.2 Å². The number of aliphatic imine (C=N–C) groups is 1. The highest BCUT2D eigenvalue weighted by atomic mass is 16.1. The van der Waals surface area contributed by atoms with Crippen LogP contribution in [0.3, 0.4) is 0 Å². The highest BCUT2D eigenvalue weighted by Gasteiger charge is 1.92. The van der Waals surface area contributed by atoms with Gasteiger partial charge in [-0.25, -0.2) is 0 Å². The van der Waals surface area contributed by atoms with Gasteiger partial charge < -0.3 is 23.0 Å². The minimum Gasteiger partial charge on any atom is -0.402 e. The van der Waals surface area contributed by atoms with Gasteiger partial charge in [-0.3, -0.25) is 9.79 Å². The van der Waals surface area contributed by atoms with E-state index in [-0.39, 0.29) is 11.5 Å². The van der Waals surface area contributed by atoms with E-state index in [1.54, 1.807) is 12.2 Å². The Morgan fingerprint density at radius 1 is 1.11 bits per heavy atom. The lowest BCUT2D eigenvalue weighted by molar-refractivity contribution is -0.102. The highest BCUT2D eigenvalue weighted by Crippen LogP contribution is 2.02. The summed E-state index contributed by atoms with van der Waals surface area (Å²) in [5.74, 6) is 5.16. The van der Waals surface area contributed by atoms with Crippen molar-refractivity contribution in [2.24, 2.45) is 33.1 Å². The summed E-state index contributed by atoms with van der Waals surface area (Å²) < 4.78 is 0. The molecule has 0 aromatic heterocycles. The van der Waals surface area contributed by atoms with Crippen LogP contribution in [0.1, 0.15) is 19.3 Å². The fourth-order valence-corrected chi connectivity index (χ4v) is 1.07. The van der Waals surface area contributed by atoms with Gasteiger partial charge in [-0.05, 0) is 31.4 Å². The van der Waals surface area contributed by atoms with Crippen molar-refractivity contribution in [2.45, 2.75) is 19.3 Å². The SMILES string of the molecule is NN=C(C=O)C=NCCCC/C(N)=C/C=C(N)N. The van der Waals surface area contributed by atoms with E-state index in [9.17, 15) is 4.79 Å². The topological polar surface area (TPSA) is 146 Å². The molecule has 0 aromatic carbocycles. The molecule has 0 aliphatic rings. The molecule has 7 heteroatoms. The van der Waals surface area contributed by atoms with Crippen LogP contribution in [-0.2, 0) is 4.79 Å². The summed E-state index contributed by atoms with van der Waals surface area (Å²) >= 11 is 0. The van der Waals surface area contributed by atoms with Crippen molar-refractivity contribution in [1.82, 2.24) is 0 Å². The van der Waals surface area contributed by atoms with Crippen LogP contribution in [0.4, 0.5) is 0 Å². The van der Waals surface area contributed by atoms with E-state index in [2.05, 4.69) is 10.1 Å². The first-order chi connectivity index (χ1) is 8.60. The maximum absolute atomic E-state index is 10.3. The number of aldehydes is 1. The Hall–Kier alpha value is -2.31. The maximum Gasteiger partial charge on any atom is 0.171 e. The van der Waals surface area contributed by atoms with Crippen LogP contribution in [0, 0.1) is 0 Å². The molecule has 0 saturated heterocycles. The number of nitrogens with zero attached hydrogens (tertiary/aromatic N) is 2. The monoisotopic (exact) mass is 252 g/mol. The van der Waals surface area contributed by atoms with Gasteiger partial charge in [0.1, 0.15) is 5.71 Å². The van der Waals surface area contributed by atoms with E-state index in [1.807, 2.05) is 0 Å². The molecule has 0 unspecified atom stereocenters. The molecule has 0 aromatic rings. The fraction of sp³-hybridized carbons (Fsp3) is 0.364. The molecule has 0 radical (unpaired) electrons. The molecule has 0 fully saturated rings. The minimum atomic E-state index is 0.123. The number of carbonyl (C=O) groups excluding carboxylic acids is 1. The number of hydrogen-bond acceptors (Lipinski definition) is 7. The Bertz CT molecular complexity index is 366. The predicted octanol–water partition coefficient (Wildman–Crippen LogP) is -0.657. The van der Waals surface area contributed by atoms with E-state index < -0.39 is 0 Å². The van der Waals surface area contributed by atoms with Crippen molar-refractivity contribution in [1.29, 1.82) is 0 Å². The Morgan fingerprint density at radius 3 is 2.39 bits per heavy atom. The fourth-order valence-electron chi connectivity index (χ4n) is 1.07. The number of hydrazone groups is 1. The molecule has 0 amide bonds. The van der Waals surface area contributed by atoms with E-state index in [4.69, 9.17) is 23.0 Å². The molecule has 0 spiro atoms. The zero-order valence-electron chi connectivity index (χ0n) is 10.2. The van der Waals surface area contributed by atoms with Gasteiger partial charge in [0.2, 0.25) is 0 Å². The van der Waals surface area contributed by atoms with Crippen molar-refractivity contribution in [3.05, 3.63) is 23.7 Å². The Balaban J connectivity index is 3.78. The van der Waals surface area contributed by atoms with E-state index in [0.29, 0.717) is 18.5 Å². The second kappa shape index (κ2) is 9.88. The summed E-state index contributed by atoms with van der Waals surface area (Å²) in [4.78, 5) is 14.3. The maximum atomic E-state index is 10.3. The van der Waals surface area contributed by atoms with E-state index >= 15 is 0 Å². The van der Waals surface area contributed by atoms with Crippen molar-refractivity contribution in [3.8, 4) is 0 Å². The van der Waals surface area contributed by atoms with Crippen molar-refractivity contribution in [2.75, 3.05) is 6.54 Å². The molecule has 0 heterocycles. The van der Waals surface area contributed by atoms with Crippen molar-refractivity contribution in [3.63, 3.8) is 0 Å². The van der Waals surface area contributed by atoms with Crippen LogP contribution in [-0.4, -0.2) is 24.8 Å². The number of allylic oxidation sites excluding steroid dienone is 3. The van der Waals surface area contributed by atoms with Crippen molar-refractivity contribution < 1.29 is 4.79 Å². The van der Waals surface area contributed by atoms with Crippen LogP contribution in [0.5, 0.6) is 0 Å². The summed E-state index contributed by atoms with van der Waals surface area (Å²) in [6, 6.07) is 0. The lowest BCUT2D eigenvalue weighted by Gasteiger charge is -1.99. The summed E-state index contributed by atoms with van der Waals surface area (Å²) in [6.45, 7) is 0.592. The van der Waals surface area contributed by atoms with Crippen LogP contribution in [0.25, 0.3) is 0 Å². The zero-order valence-corrected chi connectivity index (χ0v) is 10.2. The molecule has 18 heavy (non-hydrogen) atoms. The average Bonchev–Trinajstić information content (AvgIpc) is 2.35. The standard InChI is InChI=1S/C11H20N6O/c12-9(4-5-11(13)14)3-1-2-6-16-7-10(8-18)17-15/h4-5,7-8H,1-3,6,12-15H2/b9-4-,16-7?,17-10?. The molecule has 0 atom stereocenters. The number of nitrogens with two attached hydrogens (primary N) is 4. The largest absolute Gasteiger partial charge is 0.402 e. The Kier molecular flexibility index (Phi) is 8.62. The van der Waals surface area contributed by atoms with Gasteiger partial charge in [-0.15, -0.1) is 0 Å². The molecule has 7 nitrogen and oxygen atoms in total. The summed E-state index contributed by atoms with van der Waals surface area (Å²) in [5.41, 5.74) is 17.1. The molecular formula is C11H20N6O. The van der Waals surface area contributed by atoms with Gasteiger partial charge in [0.05, 0.1) is 12.0 Å². The smallest absolute Gasteiger partial charge is 0.171 e. The van der Waals surface area contributed by atoms with Gasteiger partial charge in [-0.1, -0.05) is 0 Å². The molecule has 8 N–H and O–H groups in total. The highest BCUT2D eigenvalue weighted by molar-refractivity contribution is 6.54. The minimum absolute atomic E-state index is 0.123. The third-order valence-corrected chi connectivity index (χ3v) is 1.99. The first-order valence-electron chi connectivity index (χ1n) is 5.50. The lowest BCUT2D eigenvalue weighted by atomic mass is 10.2. The normalized spacial score (nSPS) is 12.7. The number of hydrogen-bond donors (Lipinski definition) is 4. The van der Waals surface area contributed by atoms with Gasteiger partial charge in [-0.2, -0.15) is 5.10 Å². The number of carbonyl (C=O) groups is 1. The number of rotatable bonds is 8. The van der Waals surface area contributed by atoms with Crippen LogP contribution in [0.2, 0.25) is 0 Å². The van der Waals surface area contributed by atoms with E-state index in [0.717, 1.165) is 19.3 Å². The average molecular weight is 252 g/mol. The molecule has 0 bridgehead atoms. The first-order valence-corrected chi connectivity index (χ1v) is 5.50. The molecular weight excluding hydrogens is 232 g/mol. The molecule has 0 saturated carbocycles. The van der Waals surface area contributed by atoms with E-state index in [1.165, 1.54) is 6.21 Å². The zero-order chi connectivity index (χ0) is 13.8. The summed E-state index contributed by atoms with van der Waals surface area (Å²) in [5, 5.41) is 3.23. The second-order valence-corrected chi connectivity index (χ2v) is 3.57. The summed E-state index contributed by atoms with van der Waals surface area (Å²) in [6.07, 6.45) is 7.62. The Morgan fingerprint density at radius 2 is 1.83 bits per heavy atom. The van der Waals surface area contributed by atoms with Gasteiger partial charge in [0.25, 0.3) is 0 Å². The third-order valence-electron chi connectivity index (χ3n) is 1.99. The lowest BCUT2D eigenvalue weighted by Crippen LogP contribution is -2.07. The summed E-state index contributed by atoms with van der Waals surface area (Å²) in [7, 11) is 0. The van der Waals surface area contributed by atoms with Gasteiger partial charge >= 0.3 is 0 Å². The molecule has 100 valence electrons. The first kappa shape index (κ1) is 15.7. The predicted molar refractivity (Wildman–Crippen MR) is 73.6 cm³/mol. The van der Waals surface area contributed by atoms with Crippen molar-refractivity contribution >= 4 is 18.2 Å². The van der Waals surface area contributed by atoms with Gasteiger partial charge in [0.15, 0.2) is 6.29 Å². The molecule has 0 aliphatic carbocycles. The van der Waals surface area contributed by atoms with Crippen LogP contribution >= 0.6 is 0 Å².